The van der Waals surface area contributed by atoms with Gasteiger partial charge in [-0.1, -0.05) is 54.1 Å². The molecule has 0 aliphatic heterocycles. The molecule has 2 fully saturated rings. The summed E-state index contributed by atoms with van der Waals surface area (Å²) in [5.74, 6) is 0.691. The maximum atomic E-state index is 12.7. The zero-order valence-electron chi connectivity index (χ0n) is 16.2. The Labute approximate surface area is 171 Å². The number of benzene rings is 2. The number of aryl methyl sites for hydroxylation is 1. The summed E-state index contributed by atoms with van der Waals surface area (Å²) in [6, 6.07) is 23.3. The molecule has 29 heavy (non-hydrogen) atoms. The zero-order valence-corrected chi connectivity index (χ0v) is 17.0. The van der Waals surface area contributed by atoms with Crippen molar-refractivity contribution in [1.82, 2.24) is 4.98 Å². The van der Waals surface area contributed by atoms with E-state index in [0.717, 1.165) is 24.1 Å². The number of nitrogens with zero attached hydrogens (tertiary/aromatic N) is 1. The molecule has 1 aromatic heterocycles. The predicted octanol–water partition coefficient (Wildman–Crippen LogP) is 4.49. The third-order valence-electron chi connectivity index (χ3n) is 6.49. The summed E-state index contributed by atoms with van der Waals surface area (Å²) in [5, 5.41) is 0. The fourth-order valence-electron chi connectivity index (χ4n) is 5.20. The van der Waals surface area contributed by atoms with Crippen molar-refractivity contribution in [3.63, 3.8) is 0 Å². The molecule has 4 nitrogen and oxygen atoms in total. The van der Waals surface area contributed by atoms with Gasteiger partial charge in [0.2, 0.25) is 0 Å². The summed E-state index contributed by atoms with van der Waals surface area (Å²) < 4.78 is 31.0. The van der Waals surface area contributed by atoms with Crippen molar-refractivity contribution < 1.29 is 12.6 Å². The molecule has 5 heteroatoms. The number of fused-ring (bicyclic) bond motifs is 1. The molecular formula is C24H23NO3S. The van der Waals surface area contributed by atoms with E-state index in [0.29, 0.717) is 11.8 Å². The van der Waals surface area contributed by atoms with E-state index in [9.17, 15) is 8.42 Å². The van der Waals surface area contributed by atoms with E-state index in [2.05, 4.69) is 35.3 Å². The van der Waals surface area contributed by atoms with Crippen molar-refractivity contribution >= 4 is 10.1 Å². The van der Waals surface area contributed by atoms with Crippen molar-refractivity contribution in [3.8, 4) is 0 Å². The molecule has 148 valence electrons. The molecule has 0 saturated heterocycles. The van der Waals surface area contributed by atoms with Crippen LogP contribution in [0, 0.1) is 18.8 Å². The Hall–Kier alpha value is -2.50. The fourth-order valence-corrected chi connectivity index (χ4v) is 6.29. The molecule has 2 aliphatic carbocycles. The maximum absolute atomic E-state index is 12.7. The second-order valence-electron chi connectivity index (χ2n) is 8.12. The van der Waals surface area contributed by atoms with E-state index in [4.69, 9.17) is 4.18 Å². The number of hydrogen-bond donors (Lipinski definition) is 0. The second kappa shape index (κ2) is 6.78. The smallest absolute Gasteiger partial charge is 0.263 e. The average molecular weight is 406 g/mol. The summed E-state index contributed by atoms with van der Waals surface area (Å²) in [4.78, 5) is 4.89. The van der Waals surface area contributed by atoms with Crippen LogP contribution in [0.4, 0.5) is 0 Å². The first kappa shape index (κ1) is 18.5. The SMILES string of the molecule is Cc1ccc(S(=O)(=O)OC2C[C@@H]3[C@H](C2)C3(c2ccccc2)c2ccccn2)cc1. The van der Waals surface area contributed by atoms with Crippen LogP contribution in [0.2, 0.25) is 0 Å². The van der Waals surface area contributed by atoms with Crippen molar-refractivity contribution in [1.29, 1.82) is 0 Å². The third kappa shape index (κ3) is 3.00. The van der Waals surface area contributed by atoms with Crippen LogP contribution in [-0.2, 0) is 19.7 Å². The molecular weight excluding hydrogens is 382 g/mol. The van der Waals surface area contributed by atoms with Crippen molar-refractivity contribution in [2.45, 2.75) is 36.2 Å². The van der Waals surface area contributed by atoms with Gasteiger partial charge in [0.15, 0.2) is 0 Å². The van der Waals surface area contributed by atoms with Crippen molar-refractivity contribution in [2.24, 2.45) is 11.8 Å². The van der Waals surface area contributed by atoms with Crippen LogP contribution in [0.5, 0.6) is 0 Å². The lowest BCUT2D eigenvalue weighted by Gasteiger charge is -2.24. The summed E-state index contributed by atoms with van der Waals surface area (Å²) in [7, 11) is -3.75. The molecule has 1 heterocycles. The highest BCUT2D eigenvalue weighted by Gasteiger charge is 2.70. The molecule has 2 aliphatic rings. The highest BCUT2D eigenvalue weighted by Crippen LogP contribution is 2.70. The lowest BCUT2D eigenvalue weighted by Crippen LogP contribution is -2.25. The lowest BCUT2D eigenvalue weighted by molar-refractivity contribution is 0.192. The Morgan fingerprint density at radius 2 is 1.55 bits per heavy atom. The molecule has 0 radical (unpaired) electrons. The Balaban J connectivity index is 1.39. The van der Waals surface area contributed by atoms with Gasteiger partial charge in [-0.2, -0.15) is 8.42 Å². The molecule has 0 N–H and O–H groups in total. The number of rotatable bonds is 5. The average Bonchev–Trinajstić information content (AvgIpc) is 3.15. The molecule has 2 saturated carbocycles. The van der Waals surface area contributed by atoms with E-state index in [-0.39, 0.29) is 16.4 Å². The minimum Gasteiger partial charge on any atom is -0.263 e. The van der Waals surface area contributed by atoms with Crippen LogP contribution >= 0.6 is 0 Å². The van der Waals surface area contributed by atoms with E-state index in [1.807, 2.05) is 31.3 Å². The zero-order chi connectivity index (χ0) is 20.1. The van der Waals surface area contributed by atoms with Gasteiger partial charge in [-0.3, -0.25) is 9.17 Å². The Morgan fingerprint density at radius 1 is 0.897 bits per heavy atom. The van der Waals surface area contributed by atoms with Gasteiger partial charge in [-0.05, 0) is 61.4 Å². The highest BCUT2D eigenvalue weighted by atomic mass is 32.2. The molecule has 4 atom stereocenters. The predicted molar refractivity (Wildman–Crippen MR) is 111 cm³/mol. The van der Waals surface area contributed by atoms with Gasteiger partial charge < -0.3 is 0 Å². The van der Waals surface area contributed by atoms with Crippen LogP contribution in [0.1, 0.15) is 29.7 Å². The van der Waals surface area contributed by atoms with Gasteiger partial charge in [0, 0.05) is 11.6 Å². The maximum Gasteiger partial charge on any atom is 0.297 e. The highest BCUT2D eigenvalue weighted by molar-refractivity contribution is 7.86. The van der Waals surface area contributed by atoms with E-state index in [1.165, 1.54) is 5.56 Å². The quantitative estimate of drug-likeness (QED) is 0.587. The van der Waals surface area contributed by atoms with Crippen molar-refractivity contribution in [3.05, 3.63) is 95.8 Å². The molecule has 0 spiro atoms. The third-order valence-corrected chi connectivity index (χ3v) is 7.87. The van der Waals surface area contributed by atoms with Gasteiger partial charge in [0.1, 0.15) is 0 Å². The Kier molecular flexibility index (Phi) is 4.33. The molecule has 5 rings (SSSR count). The first-order valence-electron chi connectivity index (χ1n) is 9.99. The summed E-state index contributed by atoms with van der Waals surface area (Å²) in [5.41, 5.74) is 3.22. The number of hydrogen-bond acceptors (Lipinski definition) is 4. The van der Waals surface area contributed by atoms with E-state index in [1.54, 1.807) is 24.3 Å². The number of aromatic nitrogens is 1. The van der Waals surface area contributed by atoms with Gasteiger partial charge >= 0.3 is 0 Å². The normalized spacial score (nSPS) is 28.1. The minimum absolute atomic E-state index is 0.129. The van der Waals surface area contributed by atoms with Gasteiger partial charge in [0.25, 0.3) is 10.1 Å². The standard InChI is InChI=1S/C24H23NO3S/c1-17-10-12-20(13-11-17)29(26,27)28-19-15-21-22(16-19)24(21,18-7-3-2-4-8-18)23-9-5-6-14-25-23/h2-14,19,21-22H,15-16H2,1H3/t19?,21-,22+,24?. The van der Waals surface area contributed by atoms with Gasteiger partial charge in [0.05, 0.1) is 16.7 Å². The topological polar surface area (TPSA) is 56.3 Å². The van der Waals surface area contributed by atoms with Gasteiger partial charge in [-0.15, -0.1) is 0 Å². The van der Waals surface area contributed by atoms with Crippen LogP contribution in [-0.4, -0.2) is 19.5 Å². The van der Waals surface area contributed by atoms with Crippen molar-refractivity contribution in [2.75, 3.05) is 0 Å². The van der Waals surface area contributed by atoms with E-state index >= 15 is 0 Å². The summed E-state index contributed by atoms with van der Waals surface area (Å²) >= 11 is 0. The lowest BCUT2D eigenvalue weighted by atomic mass is 9.83. The number of pyridine rings is 1. The molecule has 2 aromatic carbocycles. The molecule has 2 unspecified atom stereocenters. The van der Waals surface area contributed by atoms with E-state index < -0.39 is 10.1 Å². The second-order valence-corrected chi connectivity index (χ2v) is 9.69. The largest absolute Gasteiger partial charge is 0.297 e. The minimum atomic E-state index is -3.75. The Morgan fingerprint density at radius 3 is 2.17 bits per heavy atom. The Bertz CT molecular complexity index is 1060. The molecule has 3 aromatic rings. The monoisotopic (exact) mass is 405 g/mol. The first-order chi connectivity index (χ1) is 14.0. The summed E-state index contributed by atoms with van der Waals surface area (Å²) in [6.45, 7) is 1.93. The van der Waals surface area contributed by atoms with Crippen LogP contribution < -0.4 is 0 Å². The van der Waals surface area contributed by atoms with Crippen LogP contribution in [0.3, 0.4) is 0 Å². The van der Waals surface area contributed by atoms with Gasteiger partial charge in [-0.25, -0.2) is 0 Å². The molecule has 0 amide bonds. The molecule has 0 bridgehead atoms. The van der Waals surface area contributed by atoms with Crippen LogP contribution in [0.25, 0.3) is 0 Å². The summed E-state index contributed by atoms with van der Waals surface area (Å²) in [6.07, 6.45) is 3.00. The fraction of sp³-hybridized carbons (Fsp3) is 0.292. The van der Waals surface area contributed by atoms with Crippen LogP contribution in [0.15, 0.2) is 83.9 Å². The first-order valence-corrected chi connectivity index (χ1v) is 11.4.